The average molecular weight is 195 g/mol. The predicted molar refractivity (Wildman–Crippen MR) is 48.9 cm³/mol. The summed E-state index contributed by atoms with van der Waals surface area (Å²) in [6.45, 7) is 5.82. The van der Waals surface area contributed by atoms with Gasteiger partial charge in [-0.05, 0) is 13.8 Å². The van der Waals surface area contributed by atoms with Crippen LogP contribution in [0.1, 0.15) is 20.8 Å². The highest BCUT2D eigenvalue weighted by Crippen LogP contribution is 1.93. The number of hydrogen-bond donors (Lipinski definition) is 3. The topological polar surface area (TPSA) is 84.2 Å². The molecule has 0 rings (SSSR count). The molecule has 0 amide bonds. The van der Waals surface area contributed by atoms with Gasteiger partial charge in [0.25, 0.3) is 10.2 Å². The monoisotopic (exact) mass is 195 g/mol. The lowest BCUT2D eigenvalue weighted by Crippen LogP contribution is -2.48. The first-order valence-electron chi connectivity index (χ1n) is 3.80. The van der Waals surface area contributed by atoms with Crippen LogP contribution in [0.15, 0.2) is 0 Å². The molecule has 4 N–H and O–H groups in total. The molecular formula is C6H17N3O2S. The SMILES string of the molecule is CCNS(=O)(=O)NCC(C)(C)N. The van der Waals surface area contributed by atoms with Gasteiger partial charge in [-0.2, -0.15) is 8.42 Å². The van der Waals surface area contributed by atoms with E-state index in [-0.39, 0.29) is 6.54 Å². The number of nitrogens with one attached hydrogen (secondary N) is 2. The van der Waals surface area contributed by atoms with E-state index in [2.05, 4.69) is 9.44 Å². The molecule has 0 aromatic rings. The van der Waals surface area contributed by atoms with Crippen molar-refractivity contribution in [2.75, 3.05) is 13.1 Å². The molecule has 0 spiro atoms. The van der Waals surface area contributed by atoms with Crippen molar-refractivity contribution in [3.05, 3.63) is 0 Å². The number of nitrogens with two attached hydrogens (primary N) is 1. The van der Waals surface area contributed by atoms with E-state index in [1.807, 2.05) is 0 Å². The van der Waals surface area contributed by atoms with Gasteiger partial charge in [-0.3, -0.25) is 0 Å². The number of hydrogen-bond acceptors (Lipinski definition) is 3. The Morgan fingerprint density at radius 2 is 1.83 bits per heavy atom. The van der Waals surface area contributed by atoms with Crippen LogP contribution >= 0.6 is 0 Å². The van der Waals surface area contributed by atoms with Gasteiger partial charge in [-0.25, -0.2) is 9.44 Å². The Hall–Kier alpha value is -0.170. The first-order chi connectivity index (χ1) is 5.27. The lowest BCUT2D eigenvalue weighted by Gasteiger charge is -2.18. The molecule has 74 valence electrons. The first-order valence-corrected chi connectivity index (χ1v) is 5.28. The van der Waals surface area contributed by atoms with Gasteiger partial charge in [-0.1, -0.05) is 6.92 Å². The van der Waals surface area contributed by atoms with Crippen molar-refractivity contribution in [1.82, 2.24) is 9.44 Å². The van der Waals surface area contributed by atoms with Gasteiger partial charge < -0.3 is 5.73 Å². The largest absolute Gasteiger partial charge is 0.324 e. The second-order valence-corrected chi connectivity index (χ2v) is 4.90. The van der Waals surface area contributed by atoms with Crippen molar-refractivity contribution in [1.29, 1.82) is 0 Å². The molecule has 12 heavy (non-hydrogen) atoms. The maximum atomic E-state index is 11.0. The zero-order valence-electron chi connectivity index (χ0n) is 7.72. The molecule has 0 atom stereocenters. The van der Waals surface area contributed by atoms with E-state index in [9.17, 15) is 8.42 Å². The Balaban J connectivity index is 3.94. The highest BCUT2D eigenvalue weighted by Gasteiger charge is 2.14. The van der Waals surface area contributed by atoms with E-state index in [0.29, 0.717) is 6.54 Å². The summed E-state index contributed by atoms with van der Waals surface area (Å²) in [4.78, 5) is 0. The van der Waals surface area contributed by atoms with Crippen LogP contribution < -0.4 is 15.2 Å². The molecule has 0 saturated heterocycles. The summed E-state index contributed by atoms with van der Waals surface area (Å²) < 4.78 is 26.6. The fraction of sp³-hybridized carbons (Fsp3) is 1.00. The molecule has 0 bridgehead atoms. The molecular weight excluding hydrogens is 178 g/mol. The summed E-state index contributed by atoms with van der Waals surface area (Å²) >= 11 is 0. The molecule has 5 nitrogen and oxygen atoms in total. The highest BCUT2D eigenvalue weighted by molar-refractivity contribution is 7.87. The van der Waals surface area contributed by atoms with E-state index < -0.39 is 15.7 Å². The Kier molecular flexibility index (Phi) is 4.12. The zero-order valence-corrected chi connectivity index (χ0v) is 8.53. The third-order valence-corrected chi connectivity index (χ3v) is 2.25. The Bertz CT molecular complexity index is 217. The standard InChI is InChI=1S/C6H17N3O2S/c1-4-8-12(10,11)9-5-6(2,3)7/h8-9H,4-5,7H2,1-3H3. The molecule has 0 fully saturated rings. The quantitative estimate of drug-likeness (QED) is 0.535. The molecule has 0 radical (unpaired) electrons. The molecule has 0 aliphatic carbocycles. The van der Waals surface area contributed by atoms with E-state index >= 15 is 0 Å². The van der Waals surface area contributed by atoms with Crippen LogP contribution in [0.4, 0.5) is 0 Å². The molecule has 0 aliphatic rings. The first kappa shape index (κ1) is 11.8. The van der Waals surface area contributed by atoms with Crippen LogP contribution in [0.25, 0.3) is 0 Å². The van der Waals surface area contributed by atoms with Crippen molar-refractivity contribution in [2.45, 2.75) is 26.3 Å². The van der Waals surface area contributed by atoms with Crippen molar-refractivity contribution < 1.29 is 8.42 Å². The minimum absolute atomic E-state index is 0.225. The van der Waals surface area contributed by atoms with Gasteiger partial charge in [0.05, 0.1) is 0 Å². The second kappa shape index (κ2) is 4.18. The minimum Gasteiger partial charge on any atom is -0.324 e. The Morgan fingerprint density at radius 3 is 2.17 bits per heavy atom. The van der Waals surface area contributed by atoms with E-state index in [4.69, 9.17) is 5.73 Å². The molecule has 0 saturated carbocycles. The average Bonchev–Trinajstić information content (AvgIpc) is 1.83. The third kappa shape index (κ3) is 6.53. The van der Waals surface area contributed by atoms with Crippen LogP contribution in [-0.4, -0.2) is 27.0 Å². The van der Waals surface area contributed by atoms with Gasteiger partial charge in [0, 0.05) is 18.6 Å². The van der Waals surface area contributed by atoms with Gasteiger partial charge in [0.1, 0.15) is 0 Å². The summed E-state index contributed by atoms with van der Waals surface area (Å²) in [5.74, 6) is 0. The van der Waals surface area contributed by atoms with Crippen LogP contribution in [0.3, 0.4) is 0 Å². The maximum absolute atomic E-state index is 11.0. The second-order valence-electron chi connectivity index (χ2n) is 3.31. The summed E-state index contributed by atoms with van der Waals surface area (Å²) in [6.07, 6.45) is 0. The fourth-order valence-electron chi connectivity index (χ4n) is 0.522. The van der Waals surface area contributed by atoms with E-state index in [0.717, 1.165) is 0 Å². The molecule has 0 unspecified atom stereocenters. The molecule has 0 aromatic carbocycles. The van der Waals surface area contributed by atoms with Gasteiger partial charge in [0.2, 0.25) is 0 Å². The highest BCUT2D eigenvalue weighted by atomic mass is 32.2. The summed E-state index contributed by atoms with van der Waals surface area (Å²) in [5, 5.41) is 0. The maximum Gasteiger partial charge on any atom is 0.276 e. The van der Waals surface area contributed by atoms with Crippen LogP contribution in [0.2, 0.25) is 0 Å². The number of rotatable bonds is 5. The van der Waals surface area contributed by atoms with Crippen LogP contribution in [0.5, 0.6) is 0 Å². The van der Waals surface area contributed by atoms with Crippen molar-refractivity contribution in [2.24, 2.45) is 5.73 Å². The fourth-order valence-corrected chi connectivity index (χ4v) is 1.57. The summed E-state index contributed by atoms with van der Waals surface area (Å²) in [6, 6.07) is 0. The van der Waals surface area contributed by atoms with Crippen LogP contribution in [-0.2, 0) is 10.2 Å². The molecule has 0 aliphatic heterocycles. The smallest absolute Gasteiger partial charge is 0.276 e. The summed E-state index contributed by atoms with van der Waals surface area (Å²) in [7, 11) is -3.34. The van der Waals surface area contributed by atoms with Crippen LogP contribution in [0, 0.1) is 0 Å². The molecule has 0 aromatic heterocycles. The van der Waals surface area contributed by atoms with Gasteiger partial charge >= 0.3 is 0 Å². The van der Waals surface area contributed by atoms with Gasteiger partial charge in [-0.15, -0.1) is 0 Å². The van der Waals surface area contributed by atoms with Crippen molar-refractivity contribution in [3.8, 4) is 0 Å². The molecule has 0 heterocycles. The third-order valence-electron chi connectivity index (χ3n) is 1.05. The lowest BCUT2D eigenvalue weighted by molar-refractivity contribution is 0.494. The summed E-state index contributed by atoms with van der Waals surface area (Å²) in [5.41, 5.74) is 5.06. The lowest BCUT2D eigenvalue weighted by atomic mass is 10.1. The Morgan fingerprint density at radius 1 is 1.33 bits per heavy atom. The normalized spacial score (nSPS) is 13.3. The van der Waals surface area contributed by atoms with E-state index in [1.54, 1.807) is 20.8 Å². The molecule has 6 heteroatoms. The minimum atomic E-state index is -3.34. The van der Waals surface area contributed by atoms with Crippen molar-refractivity contribution >= 4 is 10.2 Å². The Labute approximate surface area is 73.9 Å². The predicted octanol–water partition coefficient (Wildman–Crippen LogP) is -0.832. The van der Waals surface area contributed by atoms with Crippen molar-refractivity contribution in [3.63, 3.8) is 0 Å². The zero-order chi connectivity index (χ0) is 9.83. The van der Waals surface area contributed by atoms with E-state index in [1.165, 1.54) is 0 Å². The van der Waals surface area contributed by atoms with Gasteiger partial charge in [0.15, 0.2) is 0 Å².